The van der Waals surface area contributed by atoms with Crippen molar-refractivity contribution in [1.82, 2.24) is 9.97 Å². The van der Waals surface area contributed by atoms with Crippen LogP contribution in [0.3, 0.4) is 0 Å². The minimum absolute atomic E-state index is 0.0625. The standard InChI is InChI=1S/C13H13F2N3/c1-7(2)11-12(17-6-18-13(11)16)8-3-9(14)5-10(15)4-8/h3-7H,1-2H3,(H2,16,17,18). The van der Waals surface area contributed by atoms with Gasteiger partial charge in [-0.1, -0.05) is 13.8 Å². The molecule has 3 nitrogen and oxygen atoms in total. The third kappa shape index (κ3) is 2.30. The lowest BCUT2D eigenvalue weighted by Gasteiger charge is -2.13. The molecule has 0 aliphatic carbocycles. The van der Waals surface area contributed by atoms with E-state index in [2.05, 4.69) is 9.97 Å². The molecule has 2 rings (SSSR count). The molecule has 18 heavy (non-hydrogen) atoms. The zero-order valence-electron chi connectivity index (χ0n) is 10.1. The molecule has 0 unspecified atom stereocenters. The van der Waals surface area contributed by atoms with Crippen LogP contribution in [0.5, 0.6) is 0 Å². The topological polar surface area (TPSA) is 51.8 Å². The number of nitrogen functional groups attached to an aromatic ring is 1. The Balaban J connectivity index is 2.67. The average molecular weight is 249 g/mol. The van der Waals surface area contributed by atoms with Crippen LogP contribution in [0.15, 0.2) is 24.5 Å². The molecule has 0 spiro atoms. The second-order valence-corrected chi connectivity index (χ2v) is 4.33. The highest BCUT2D eigenvalue weighted by Crippen LogP contribution is 2.31. The van der Waals surface area contributed by atoms with Gasteiger partial charge >= 0.3 is 0 Å². The van der Waals surface area contributed by atoms with Crippen molar-refractivity contribution in [3.8, 4) is 11.3 Å². The predicted molar refractivity (Wildman–Crippen MR) is 65.9 cm³/mol. The number of halogens is 2. The molecule has 0 aliphatic heterocycles. The van der Waals surface area contributed by atoms with E-state index in [-0.39, 0.29) is 5.92 Å². The van der Waals surface area contributed by atoms with E-state index in [1.807, 2.05) is 13.8 Å². The Hall–Kier alpha value is -2.04. The fourth-order valence-corrected chi connectivity index (χ4v) is 1.90. The van der Waals surface area contributed by atoms with Gasteiger partial charge in [0.15, 0.2) is 0 Å². The lowest BCUT2D eigenvalue weighted by atomic mass is 9.97. The number of anilines is 1. The van der Waals surface area contributed by atoms with Gasteiger partial charge in [-0.25, -0.2) is 18.7 Å². The minimum Gasteiger partial charge on any atom is -0.383 e. The van der Waals surface area contributed by atoms with Crippen LogP contribution < -0.4 is 5.73 Å². The van der Waals surface area contributed by atoms with Gasteiger partial charge in [-0.2, -0.15) is 0 Å². The van der Waals surface area contributed by atoms with Gasteiger partial charge in [-0.15, -0.1) is 0 Å². The minimum atomic E-state index is -0.642. The summed E-state index contributed by atoms with van der Waals surface area (Å²) >= 11 is 0. The predicted octanol–water partition coefficient (Wildman–Crippen LogP) is 3.13. The SMILES string of the molecule is CC(C)c1c(N)ncnc1-c1cc(F)cc(F)c1. The highest BCUT2D eigenvalue weighted by Gasteiger charge is 2.15. The van der Waals surface area contributed by atoms with Crippen molar-refractivity contribution in [1.29, 1.82) is 0 Å². The molecule has 0 fully saturated rings. The van der Waals surface area contributed by atoms with Gasteiger partial charge in [0.2, 0.25) is 0 Å². The molecule has 0 saturated carbocycles. The summed E-state index contributed by atoms with van der Waals surface area (Å²) in [6.45, 7) is 3.85. The van der Waals surface area contributed by atoms with Crippen molar-refractivity contribution in [2.45, 2.75) is 19.8 Å². The summed E-state index contributed by atoms with van der Waals surface area (Å²) in [6.07, 6.45) is 1.29. The second kappa shape index (κ2) is 4.68. The fraction of sp³-hybridized carbons (Fsp3) is 0.231. The third-order valence-corrected chi connectivity index (χ3v) is 2.63. The molecule has 0 aliphatic rings. The first kappa shape index (κ1) is 12.4. The van der Waals surface area contributed by atoms with Crippen molar-refractivity contribution >= 4 is 5.82 Å². The Morgan fingerprint density at radius 2 is 1.67 bits per heavy atom. The monoisotopic (exact) mass is 249 g/mol. The van der Waals surface area contributed by atoms with E-state index in [1.54, 1.807) is 0 Å². The van der Waals surface area contributed by atoms with Gasteiger partial charge in [0.05, 0.1) is 5.69 Å². The van der Waals surface area contributed by atoms with Crippen LogP contribution >= 0.6 is 0 Å². The van der Waals surface area contributed by atoms with Gasteiger partial charge in [0, 0.05) is 17.2 Å². The number of hydrogen-bond acceptors (Lipinski definition) is 3. The van der Waals surface area contributed by atoms with Gasteiger partial charge in [0.25, 0.3) is 0 Å². The lowest BCUT2D eigenvalue weighted by Crippen LogP contribution is -2.04. The van der Waals surface area contributed by atoms with Crippen LogP contribution in [0.25, 0.3) is 11.3 Å². The number of rotatable bonds is 2. The summed E-state index contributed by atoms with van der Waals surface area (Å²) in [7, 11) is 0. The van der Waals surface area contributed by atoms with Gasteiger partial charge in [-0.3, -0.25) is 0 Å². The number of nitrogens with two attached hydrogens (primary N) is 1. The van der Waals surface area contributed by atoms with E-state index in [1.165, 1.54) is 18.5 Å². The molecular weight excluding hydrogens is 236 g/mol. The van der Waals surface area contributed by atoms with Crippen molar-refractivity contribution in [3.05, 3.63) is 41.7 Å². The van der Waals surface area contributed by atoms with Gasteiger partial charge in [0.1, 0.15) is 23.8 Å². The molecule has 0 saturated heterocycles. The maximum atomic E-state index is 13.2. The number of benzene rings is 1. The van der Waals surface area contributed by atoms with E-state index in [9.17, 15) is 8.78 Å². The molecule has 0 radical (unpaired) electrons. The molecule has 1 aromatic carbocycles. The van der Waals surface area contributed by atoms with Crippen LogP contribution in [0.1, 0.15) is 25.3 Å². The Kier molecular flexibility index (Phi) is 3.23. The summed E-state index contributed by atoms with van der Waals surface area (Å²) in [6, 6.07) is 3.29. The molecule has 5 heteroatoms. The van der Waals surface area contributed by atoms with Crippen LogP contribution in [0.2, 0.25) is 0 Å². The molecule has 0 bridgehead atoms. The summed E-state index contributed by atoms with van der Waals surface area (Å²) in [4.78, 5) is 8.00. The summed E-state index contributed by atoms with van der Waals surface area (Å²) in [5, 5.41) is 0. The first-order valence-electron chi connectivity index (χ1n) is 5.56. The van der Waals surface area contributed by atoms with Crippen LogP contribution in [-0.4, -0.2) is 9.97 Å². The van der Waals surface area contributed by atoms with Gasteiger partial charge in [-0.05, 0) is 18.1 Å². The number of nitrogens with zero attached hydrogens (tertiary/aromatic N) is 2. The maximum Gasteiger partial charge on any atom is 0.130 e. The Morgan fingerprint density at radius 3 is 2.22 bits per heavy atom. The summed E-state index contributed by atoms with van der Waals surface area (Å²) in [5.41, 5.74) is 7.33. The molecule has 2 aromatic rings. The van der Waals surface area contributed by atoms with Crippen LogP contribution in [0.4, 0.5) is 14.6 Å². The zero-order valence-corrected chi connectivity index (χ0v) is 10.1. The quantitative estimate of drug-likeness (QED) is 0.889. The molecule has 0 amide bonds. The van der Waals surface area contributed by atoms with Crippen molar-refractivity contribution in [2.24, 2.45) is 0 Å². The van der Waals surface area contributed by atoms with E-state index in [0.717, 1.165) is 6.07 Å². The van der Waals surface area contributed by atoms with Crippen molar-refractivity contribution in [3.63, 3.8) is 0 Å². The Labute approximate surface area is 104 Å². The van der Waals surface area contributed by atoms with Crippen molar-refractivity contribution < 1.29 is 8.78 Å². The van der Waals surface area contributed by atoms with E-state index >= 15 is 0 Å². The molecule has 1 heterocycles. The van der Waals surface area contributed by atoms with E-state index in [0.29, 0.717) is 22.6 Å². The molecule has 94 valence electrons. The number of hydrogen-bond donors (Lipinski definition) is 1. The van der Waals surface area contributed by atoms with Crippen LogP contribution in [-0.2, 0) is 0 Å². The molecule has 1 aromatic heterocycles. The van der Waals surface area contributed by atoms with E-state index < -0.39 is 11.6 Å². The largest absolute Gasteiger partial charge is 0.383 e. The summed E-state index contributed by atoms with van der Waals surface area (Å²) in [5.74, 6) is -0.888. The first-order valence-corrected chi connectivity index (χ1v) is 5.56. The van der Waals surface area contributed by atoms with Gasteiger partial charge < -0.3 is 5.73 Å². The molecule has 2 N–H and O–H groups in total. The normalized spacial score (nSPS) is 10.9. The third-order valence-electron chi connectivity index (χ3n) is 2.63. The van der Waals surface area contributed by atoms with Crippen LogP contribution in [0, 0.1) is 11.6 Å². The lowest BCUT2D eigenvalue weighted by molar-refractivity contribution is 0.584. The average Bonchev–Trinajstić information content (AvgIpc) is 2.26. The maximum absolute atomic E-state index is 13.2. The smallest absolute Gasteiger partial charge is 0.130 e. The molecule has 0 atom stereocenters. The Morgan fingerprint density at radius 1 is 1.06 bits per heavy atom. The molecular formula is C13H13F2N3. The second-order valence-electron chi connectivity index (χ2n) is 4.33. The summed E-state index contributed by atoms with van der Waals surface area (Å²) < 4.78 is 26.5. The Bertz CT molecular complexity index is 562. The first-order chi connectivity index (χ1) is 8.49. The highest BCUT2D eigenvalue weighted by atomic mass is 19.1. The number of aromatic nitrogens is 2. The van der Waals surface area contributed by atoms with Crippen molar-refractivity contribution in [2.75, 3.05) is 5.73 Å². The fourth-order valence-electron chi connectivity index (χ4n) is 1.90. The van der Waals surface area contributed by atoms with E-state index in [4.69, 9.17) is 5.73 Å². The highest BCUT2D eigenvalue weighted by molar-refractivity contribution is 5.68. The zero-order chi connectivity index (χ0) is 13.3.